The molecular weight excluding hydrogens is 269 g/mol. The van der Waals surface area contributed by atoms with Crippen molar-refractivity contribution in [1.29, 1.82) is 0 Å². The van der Waals surface area contributed by atoms with Crippen LogP contribution < -0.4 is 5.32 Å². The fourth-order valence-corrected chi connectivity index (χ4v) is 4.11. The fraction of sp³-hybridized carbons (Fsp3) is 0.588. The molecule has 1 aromatic rings. The summed E-state index contributed by atoms with van der Waals surface area (Å²) in [6.45, 7) is 2.44. The van der Waals surface area contributed by atoms with E-state index in [4.69, 9.17) is 4.74 Å². The molecule has 21 heavy (non-hydrogen) atoms. The third kappa shape index (κ3) is 2.69. The van der Waals surface area contributed by atoms with Crippen molar-refractivity contribution in [3.8, 4) is 0 Å². The number of aryl methyl sites for hydroxylation is 1. The Morgan fingerprint density at radius 3 is 2.86 bits per heavy atom. The van der Waals surface area contributed by atoms with Crippen molar-refractivity contribution in [3.63, 3.8) is 0 Å². The molecule has 3 rings (SSSR count). The topological polar surface area (TPSA) is 38.3 Å². The first-order chi connectivity index (χ1) is 10.1. The largest absolute Gasteiger partial charge is 0.469 e. The predicted octanol–water partition coefficient (Wildman–Crippen LogP) is 2.81. The highest BCUT2D eigenvalue weighted by Gasteiger charge is 2.51. The lowest BCUT2D eigenvalue weighted by Gasteiger charge is -2.30. The van der Waals surface area contributed by atoms with Crippen molar-refractivity contribution in [2.45, 2.75) is 38.8 Å². The number of carbonyl (C=O) groups excluding carboxylic acids is 1. The summed E-state index contributed by atoms with van der Waals surface area (Å²) in [5.41, 5.74) is 1.71. The molecule has 2 saturated carbocycles. The van der Waals surface area contributed by atoms with E-state index in [0.29, 0.717) is 23.9 Å². The highest BCUT2D eigenvalue weighted by molar-refractivity contribution is 5.74. The van der Waals surface area contributed by atoms with Gasteiger partial charge in [-0.1, -0.05) is 12.1 Å². The lowest BCUT2D eigenvalue weighted by atomic mass is 9.84. The molecule has 0 aromatic heterocycles. The monoisotopic (exact) mass is 291 g/mol. The van der Waals surface area contributed by atoms with E-state index in [1.807, 2.05) is 6.07 Å². The molecule has 2 aliphatic carbocycles. The first-order valence-electron chi connectivity index (χ1n) is 7.66. The number of nitrogens with one attached hydrogen (secondary N) is 1. The van der Waals surface area contributed by atoms with Gasteiger partial charge in [0, 0.05) is 12.6 Å². The van der Waals surface area contributed by atoms with Crippen molar-refractivity contribution in [3.05, 3.63) is 35.1 Å². The molecule has 2 bridgehead atoms. The van der Waals surface area contributed by atoms with E-state index in [9.17, 15) is 9.18 Å². The molecule has 2 unspecified atom stereocenters. The Labute approximate surface area is 124 Å². The zero-order valence-electron chi connectivity index (χ0n) is 12.6. The van der Waals surface area contributed by atoms with Gasteiger partial charge in [0.05, 0.1) is 13.0 Å². The van der Waals surface area contributed by atoms with E-state index in [1.54, 1.807) is 13.0 Å². The second kappa shape index (κ2) is 5.76. The van der Waals surface area contributed by atoms with Crippen LogP contribution in [0, 0.1) is 30.5 Å². The number of hydrogen-bond donors (Lipinski definition) is 1. The maximum atomic E-state index is 13.3. The summed E-state index contributed by atoms with van der Waals surface area (Å²) in [4.78, 5) is 12.0. The minimum Gasteiger partial charge on any atom is -0.469 e. The van der Waals surface area contributed by atoms with E-state index in [2.05, 4.69) is 5.32 Å². The minimum absolute atomic E-state index is 0.0182. The molecule has 114 valence electrons. The van der Waals surface area contributed by atoms with Crippen LogP contribution in [0.1, 0.15) is 30.4 Å². The Kier molecular flexibility index (Phi) is 3.98. The third-order valence-corrected chi connectivity index (χ3v) is 5.15. The van der Waals surface area contributed by atoms with Crippen LogP contribution in [0.2, 0.25) is 0 Å². The van der Waals surface area contributed by atoms with E-state index in [0.717, 1.165) is 18.4 Å². The number of benzene rings is 1. The van der Waals surface area contributed by atoms with Gasteiger partial charge < -0.3 is 10.1 Å². The zero-order valence-corrected chi connectivity index (χ0v) is 12.6. The maximum Gasteiger partial charge on any atom is 0.310 e. The minimum atomic E-state index is -0.175. The van der Waals surface area contributed by atoms with Gasteiger partial charge in [-0.15, -0.1) is 0 Å². The van der Waals surface area contributed by atoms with Crippen molar-refractivity contribution in [1.82, 2.24) is 5.32 Å². The molecule has 0 spiro atoms. The number of hydrogen-bond acceptors (Lipinski definition) is 3. The average Bonchev–Trinajstić information content (AvgIpc) is 3.08. The molecule has 0 radical (unpaired) electrons. The Hall–Kier alpha value is -1.42. The van der Waals surface area contributed by atoms with Gasteiger partial charge in [-0.25, -0.2) is 4.39 Å². The molecule has 0 amide bonds. The number of rotatable bonds is 4. The van der Waals surface area contributed by atoms with Gasteiger partial charge >= 0.3 is 5.97 Å². The van der Waals surface area contributed by atoms with Gasteiger partial charge in [0.15, 0.2) is 0 Å². The summed E-state index contributed by atoms with van der Waals surface area (Å²) in [5, 5.41) is 3.52. The molecule has 3 nitrogen and oxygen atoms in total. The average molecular weight is 291 g/mol. The summed E-state index contributed by atoms with van der Waals surface area (Å²) < 4.78 is 18.3. The number of carbonyl (C=O) groups is 1. The lowest BCUT2D eigenvalue weighted by molar-refractivity contribution is -0.148. The molecule has 2 aliphatic rings. The van der Waals surface area contributed by atoms with E-state index in [1.165, 1.54) is 19.6 Å². The number of methoxy groups -OCH3 is 1. The van der Waals surface area contributed by atoms with Gasteiger partial charge in [-0.2, -0.15) is 0 Å². The second-order valence-electron chi connectivity index (χ2n) is 6.37. The summed E-state index contributed by atoms with van der Waals surface area (Å²) in [6.07, 6.45) is 3.45. The first-order valence-corrected chi connectivity index (χ1v) is 7.66. The molecule has 1 aromatic carbocycles. The van der Waals surface area contributed by atoms with Gasteiger partial charge in [-0.3, -0.25) is 4.79 Å². The Morgan fingerprint density at radius 1 is 1.38 bits per heavy atom. The lowest BCUT2D eigenvalue weighted by Crippen LogP contribution is -2.44. The number of halogens is 1. The highest BCUT2D eigenvalue weighted by atomic mass is 19.1. The van der Waals surface area contributed by atoms with Crippen LogP contribution in [0.15, 0.2) is 18.2 Å². The molecule has 2 fully saturated rings. The molecule has 0 saturated heterocycles. The summed E-state index contributed by atoms with van der Waals surface area (Å²) in [7, 11) is 1.47. The molecule has 0 aliphatic heterocycles. The van der Waals surface area contributed by atoms with Gasteiger partial charge in [0.25, 0.3) is 0 Å². The fourth-order valence-electron chi connectivity index (χ4n) is 4.11. The van der Waals surface area contributed by atoms with Crippen LogP contribution in [0.3, 0.4) is 0 Å². The summed E-state index contributed by atoms with van der Waals surface area (Å²) >= 11 is 0. The van der Waals surface area contributed by atoms with Crippen LogP contribution in [-0.4, -0.2) is 19.1 Å². The molecular formula is C17H22FNO2. The number of ether oxygens (including phenoxy) is 1. The highest BCUT2D eigenvalue weighted by Crippen LogP contribution is 2.49. The van der Waals surface area contributed by atoms with Crippen molar-refractivity contribution >= 4 is 5.97 Å². The van der Waals surface area contributed by atoms with Crippen LogP contribution >= 0.6 is 0 Å². The number of fused-ring (bicyclic) bond motifs is 2. The van der Waals surface area contributed by atoms with Crippen LogP contribution in [0.5, 0.6) is 0 Å². The predicted molar refractivity (Wildman–Crippen MR) is 78.1 cm³/mol. The molecule has 1 N–H and O–H groups in total. The van der Waals surface area contributed by atoms with Gasteiger partial charge in [0.2, 0.25) is 0 Å². The SMILES string of the molecule is COC(=O)[C@@H]1C2CC[C@H](C2)C1NCc1ccc(F)c(C)c1. The Morgan fingerprint density at radius 2 is 2.14 bits per heavy atom. The Balaban J connectivity index is 1.68. The second-order valence-corrected chi connectivity index (χ2v) is 6.37. The molecule has 0 heterocycles. The van der Waals surface area contributed by atoms with Crippen LogP contribution in [0.25, 0.3) is 0 Å². The third-order valence-electron chi connectivity index (χ3n) is 5.15. The summed E-state index contributed by atoms with van der Waals surface area (Å²) in [5.74, 6) is 0.756. The zero-order chi connectivity index (χ0) is 15.0. The van der Waals surface area contributed by atoms with E-state index < -0.39 is 0 Å². The molecule has 4 heteroatoms. The smallest absolute Gasteiger partial charge is 0.310 e. The van der Waals surface area contributed by atoms with Crippen molar-refractivity contribution in [2.75, 3.05) is 7.11 Å². The van der Waals surface area contributed by atoms with Gasteiger partial charge in [-0.05, 0) is 55.2 Å². The van der Waals surface area contributed by atoms with Gasteiger partial charge in [0.1, 0.15) is 5.82 Å². The number of esters is 1. The summed E-state index contributed by atoms with van der Waals surface area (Å²) in [6, 6.07) is 5.37. The van der Waals surface area contributed by atoms with Crippen LogP contribution in [0.4, 0.5) is 4.39 Å². The maximum absolute atomic E-state index is 13.3. The molecule has 4 atom stereocenters. The van der Waals surface area contributed by atoms with Crippen molar-refractivity contribution < 1.29 is 13.9 Å². The normalized spacial score (nSPS) is 30.6. The van der Waals surface area contributed by atoms with E-state index in [-0.39, 0.29) is 23.7 Å². The Bertz CT molecular complexity index is 546. The standard InChI is InChI=1S/C17H22FNO2/c1-10-7-11(3-6-14(10)18)9-19-16-13-5-4-12(8-13)15(16)17(20)21-2/h3,6-7,12-13,15-16,19H,4-5,8-9H2,1-2H3/t12?,13-,15-,16?/m1/s1. The van der Waals surface area contributed by atoms with E-state index >= 15 is 0 Å². The first kappa shape index (κ1) is 14.5. The quantitative estimate of drug-likeness (QED) is 0.867. The van der Waals surface area contributed by atoms with Crippen molar-refractivity contribution in [2.24, 2.45) is 17.8 Å². The van der Waals surface area contributed by atoms with Crippen LogP contribution in [-0.2, 0) is 16.1 Å².